The molecule has 4 nitrogen and oxygen atoms in total. The molecule has 4 heteroatoms. The smallest absolute Gasteiger partial charge is 0.224 e. The van der Waals surface area contributed by atoms with E-state index in [1.54, 1.807) is 6.08 Å². The lowest BCUT2D eigenvalue weighted by atomic mass is 10.1. The Balaban J connectivity index is 1.80. The van der Waals surface area contributed by atoms with Crippen molar-refractivity contribution in [1.82, 2.24) is 10.2 Å². The topological polar surface area (TPSA) is 49.4 Å². The number of carbonyl (C=O) groups excluding carboxylic acids is 2. The maximum atomic E-state index is 11.9. The van der Waals surface area contributed by atoms with E-state index in [4.69, 9.17) is 0 Å². The molecule has 0 spiro atoms. The van der Waals surface area contributed by atoms with Crippen LogP contribution in [0.25, 0.3) is 0 Å². The maximum absolute atomic E-state index is 11.9. The van der Waals surface area contributed by atoms with Gasteiger partial charge in [-0.25, -0.2) is 0 Å². The average molecular weight is 272 g/mol. The van der Waals surface area contributed by atoms with Crippen LogP contribution in [0, 0.1) is 0 Å². The van der Waals surface area contributed by atoms with Gasteiger partial charge in [0.05, 0.1) is 6.04 Å². The summed E-state index contributed by atoms with van der Waals surface area (Å²) in [5, 5.41) is 2.87. The fourth-order valence-electron chi connectivity index (χ4n) is 2.41. The Morgan fingerprint density at radius 2 is 2.15 bits per heavy atom. The predicted octanol–water partition coefficient (Wildman–Crippen LogP) is 1.52. The largest absolute Gasteiger partial charge is 0.351 e. The number of nitrogens with one attached hydrogen (secondary N) is 1. The van der Waals surface area contributed by atoms with Gasteiger partial charge in [0.1, 0.15) is 0 Å². The number of carbonyl (C=O) groups is 2. The Labute approximate surface area is 119 Å². The lowest BCUT2D eigenvalue weighted by Gasteiger charge is -2.17. The molecule has 1 saturated heterocycles. The molecule has 1 aromatic carbocycles. The second-order valence-electron chi connectivity index (χ2n) is 5.04. The van der Waals surface area contributed by atoms with Gasteiger partial charge >= 0.3 is 0 Å². The first-order chi connectivity index (χ1) is 9.69. The highest BCUT2D eigenvalue weighted by Crippen LogP contribution is 2.12. The number of hydrogen-bond acceptors (Lipinski definition) is 2. The van der Waals surface area contributed by atoms with Gasteiger partial charge in [0.15, 0.2) is 0 Å². The van der Waals surface area contributed by atoms with E-state index in [1.165, 1.54) is 5.56 Å². The Morgan fingerprint density at radius 3 is 2.85 bits per heavy atom. The lowest BCUT2D eigenvalue weighted by molar-refractivity contribution is -0.127. The zero-order chi connectivity index (χ0) is 14.4. The van der Waals surface area contributed by atoms with Crippen molar-refractivity contribution in [2.24, 2.45) is 0 Å². The molecule has 0 bridgehead atoms. The first-order valence-corrected chi connectivity index (χ1v) is 6.91. The van der Waals surface area contributed by atoms with Crippen LogP contribution in [0.2, 0.25) is 0 Å². The standard InChI is InChI=1S/C16H20N2O2/c1-2-6-15(19)17-14-11-16(20)18(12-14)10-9-13-7-4-3-5-8-13/h2-5,7-8,14H,1,6,9-12H2,(H,17,19)/t14-/m0/s1. The molecule has 1 heterocycles. The Morgan fingerprint density at radius 1 is 1.40 bits per heavy atom. The number of nitrogens with zero attached hydrogens (tertiary/aromatic N) is 1. The molecular formula is C16H20N2O2. The summed E-state index contributed by atoms with van der Waals surface area (Å²) in [7, 11) is 0. The number of benzene rings is 1. The van der Waals surface area contributed by atoms with Crippen LogP contribution in [0.5, 0.6) is 0 Å². The number of rotatable bonds is 6. The van der Waals surface area contributed by atoms with Crippen LogP contribution in [-0.4, -0.2) is 35.8 Å². The van der Waals surface area contributed by atoms with Crippen LogP contribution >= 0.6 is 0 Å². The SMILES string of the molecule is C=CCC(=O)N[C@H]1CC(=O)N(CCc2ccccc2)C1. The first kappa shape index (κ1) is 14.3. The zero-order valence-corrected chi connectivity index (χ0v) is 11.5. The predicted molar refractivity (Wildman–Crippen MR) is 78.1 cm³/mol. The highest BCUT2D eigenvalue weighted by Gasteiger charge is 2.29. The molecule has 0 aliphatic carbocycles. The Hall–Kier alpha value is -2.10. The van der Waals surface area contributed by atoms with Crippen LogP contribution < -0.4 is 5.32 Å². The van der Waals surface area contributed by atoms with Crippen LogP contribution in [0.3, 0.4) is 0 Å². The molecule has 0 radical (unpaired) electrons. The summed E-state index contributed by atoms with van der Waals surface area (Å²) >= 11 is 0. The van der Waals surface area contributed by atoms with Crippen molar-refractivity contribution < 1.29 is 9.59 Å². The highest BCUT2D eigenvalue weighted by atomic mass is 16.2. The monoisotopic (exact) mass is 272 g/mol. The second-order valence-corrected chi connectivity index (χ2v) is 5.04. The third-order valence-electron chi connectivity index (χ3n) is 3.42. The fourth-order valence-corrected chi connectivity index (χ4v) is 2.41. The molecule has 1 aliphatic heterocycles. The van der Waals surface area contributed by atoms with E-state index in [9.17, 15) is 9.59 Å². The maximum Gasteiger partial charge on any atom is 0.224 e. The Kier molecular flexibility index (Phi) is 4.93. The van der Waals surface area contributed by atoms with Crippen molar-refractivity contribution in [2.45, 2.75) is 25.3 Å². The summed E-state index contributed by atoms with van der Waals surface area (Å²) in [6.07, 6.45) is 3.12. The number of amides is 2. The summed E-state index contributed by atoms with van der Waals surface area (Å²) in [5.41, 5.74) is 1.22. The third-order valence-corrected chi connectivity index (χ3v) is 3.42. The van der Waals surface area contributed by atoms with Crippen molar-refractivity contribution in [3.63, 3.8) is 0 Å². The van der Waals surface area contributed by atoms with E-state index in [1.807, 2.05) is 23.1 Å². The minimum absolute atomic E-state index is 0.0641. The van der Waals surface area contributed by atoms with E-state index >= 15 is 0 Å². The lowest BCUT2D eigenvalue weighted by Crippen LogP contribution is -2.37. The van der Waals surface area contributed by atoms with Gasteiger partial charge < -0.3 is 10.2 Å². The molecule has 1 aliphatic rings. The molecule has 106 valence electrons. The molecule has 1 aromatic rings. The normalized spacial score (nSPS) is 18.1. The summed E-state index contributed by atoms with van der Waals surface area (Å²) in [6.45, 7) is 4.84. The van der Waals surface area contributed by atoms with Crippen molar-refractivity contribution in [2.75, 3.05) is 13.1 Å². The van der Waals surface area contributed by atoms with E-state index in [2.05, 4.69) is 24.0 Å². The van der Waals surface area contributed by atoms with Gasteiger partial charge in [-0.05, 0) is 12.0 Å². The minimum atomic E-state index is -0.0669. The van der Waals surface area contributed by atoms with Crippen LogP contribution in [0.4, 0.5) is 0 Å². The average Bonchev–Trinajstić information content (AvgIpc) is 2.78. The van der Waals surface area contributed by atoms with E-state index in [0.29, 0.717) is 25.9 Å². The van der Waals surface area contributed by atoms with Crippen molar-refractivity contribution in [1.29, 1.82) is 0 Å². The third kappa shape index (κ3) is 3.95. The Bertz CT molecular complexity index is 485. The van der Waals surface area contributed by atoms with Gasteiger partial charge in [-0.15, -0.1) is 6.58 Å². The summed E-state index contributed by atoms with van der Waals surface area (Å²) in [4.78, 5) is 25.2. The second kappa shape index (κ2) is 6.89. The molecule has 1 atom stereocenters. The molecule has 20 heavy (non-hydrogen) atoms. The van der Waals surface area contributed by atoms with E-state index in [0.717, 1.165) is 6.42 Å². The van der Waals surface area contributed by atoms with Crippen molar-refractivity contribution >= 4 is 11.8 Å². The number of hydrogen-bond donors (Lipinski definition) is 1. The summed E-state index contributed by atoms with van der Waals surface area (Å²) < 4.78 is 0. The molecule has 0 unspecified atom stereocenters. The quantitative estimate of drug-likeness (QED) is 0.798. The zero-order valence-electron chi connectivity index (χ0n) is 11.5. The van der Waals surface area contributed by atoms with Gasteiger partial charge in [0.25, 0.3) is 0 Å². The van der Waals surface area contributed by atoms with Crippen molar-refractivity contribution in [3.05, 3.63) is 48.6 Å². The van der Waals surface area contributed by atoms with Crippen LogP contribution in [0.15, 0.2) is 43.0 Å². The van der Waals surface area contributed by atoms with Gasteiger partial charge in [-0.2, -0.15) is 0 Å². The summed E-state index contributed by atoms with van der Waals surface area (Å²) in [5.74, 6) is 0.0487. The van der Waals surface area contributed by atoms with Gasteiger partial charge in [-0.1, -0.05) is 36.4 Å². The molecule has 0 aromatic heterocycles. The molecule has 1 fully saturated rings. The highest BCUT2D eigenvalue weighted by molar-refractivity contribution is 5.82. The van der Waals surface area contributed by atoms with E-state index < -0.39 is 0 Å². The van der Waals surface area contributed by atoms with Crippen LogP contribution in [0.1, 0.15) is 18.4 Å². The molecular weight excluding hydrogens is 252 g/mol. The molecule has 1 N–H and O–H groups in total. The van der Waals surface area contributed by atoms with Crippen LogP contribution in [-0.2, 0) is 16.0 Å². The summed E-state index contributed by atoms with van der Waals surface area (Å²) in [6, 6.07) is 10.0. The molecule has 2 rings (SSSR count). The number of likely N-dealkylation sites (tertiary alicyclic amines) is 1. The van der Waals surface area contributed by atoms with E-state index in [-0.39, 0.29) is 17.9 Å². The minimum Gasteiger partial charge on any atom is -0.351 e. The molecule has 0 saturated carbocycles. The molecule has 2 amide bonds. The van der Waals surface area contributed by atoms with Crippen molar-refractivity contribution in [3.8, 4) is 0 Å². The van der Waals surface area contributed by atoms with Gasteiger partial charge in [-0.3, -0.25) is 9.59 Å². The van der Waals surface area contributed by atoms with Gasteiger partial charge in [0, 0.05) is 25.9 Å². The fraction of sp³-hybridized carbons (Fsp3) is 0.375. The van der Waals surface area contributed by atoms with Gasteiger partial charge in [0.2, 0.25) is 11.8 Å². The first-order valence-electron chi connectivity index (χ1n) is 6.91.